The largest absolute Gasteiger partial charge is 0.478 e. The lowest BCUT2D eigenvalue weighted by molar-refractivity contribution is 0.0696. The Morgan fingerprint density at radius 3 is 2.43 bits per heavy atom. The van der Waals surface area contributed by atoms with Crippen LogP contribution in [0, 0.1) is 0 Å². The van der Waals surface area contributed by atoms with Gasteiger partial charge in [0, 0.05) is 18.8 Å². The van der Waals surface area contributed by atoms with E-state index in [1.165, 1.54) is 22.9 Å². The predicted octanol–water partition coefficient (Wildman–Crippen LogP) is 1.59. The van der Waals surface area contributed by atoms with E-state index in [0.29, 0.717) is 6.54 Å². The minimum Gasteiger partial charge on any atom is -0.478 e. The Morgan fingerprint density at radius 1 is 1.43 bits per heavy atom. The average Bonchev–Trinajstić information content (AvgIpc) is 2.21. The first kappa shape index (κ1) is 12.4. The summed E-state index contributed by atoms with van der Waals surface area (Å²) in [5.74, 6) is -1.02. The zero-order chi connectivity index (χ0) is 11.1. The molecule has 0 aliphatic carbocycles. The smallest absolute Gasteiger partial charge is 0.337 e. The Hall–Kier alpha value is -1.58. The molecule has 1 aromatic rings. The molecule has 14 heavy (non-hydrogen) atoms. The highest BCUT2D eigenvalue weighted by atomic mass is 16.4. The highest BCUT2D eigenvalue weighted by molar-refractivity contribution is 5.87. The second kappa shape index (κ2) is 5.96. The number of carbonyl (C=O) groups is 1. The number of aromatic nitrogens is 1. The van der Waals surface area contributed by atoms with Crippen LogP contribution >= 0.6 is 0 Å². The third-order valence-corrected chi connectivity index (χ3v) is 1.57. The monoisotopic (exact) mass is 197 g/mol. The van der Waals surface area contributed by atoms with Crippen LogP contribution in [0.2, 0.25) is 0 Å². The van der Waals surface area contributed by atoms with Crippen molar-refractivity contribution in [2.24, 2.45) is 0 Å². The lowest BCUT2D eigenvalue weighted by atomic mass is 10.3. The van der Waals surface area contributed by atoms with Crippen LogP contribution in [0.25, 0.3) is 0 Å². The van der Waals surface area contributed by atoms with E-state index in [1.807, 2.05) is 13.8 Å². The van der Waals surface area contributed by atoms with E-state index in [9.17, 15) is 9.59 Å². The predicted molar refractivity (Wildman–Crippen MR) is 54.7 cm³/mol. The number of nitrogens with zero attached hydrogens (tertiary/aromatic N) is 1. The minimum absolute atomic E-state index is 0.136. The van der Waals surface area contributed by atoms with E-state index in [1.54, 1.807) is 6.92 Å². The maximum Gasteiger partial charge on any atom is 0.337 e. The van der Waals surface area contributed by atoms with E-state index in [-0.39, 0.29) is 11.1 Å². The zero-order valence-electron chi connectivity index (χ0n) is 8.65. The van der Waals surface area contributed by atoms with E-state index < -0.39 is 5.97 Å². The van der Waals surface area contributed by atoms with Crippen LogP contribution in [0.5, 0.6) is 0 Å². The van der Waals surface area contributed by atoms with Gasteiger partial charge in [-0.15, -0.1) is 0 Å². The molecule has 0 unspecified atom stereocenters. The van der Waals surface area contributed by atoms with E-state index in [2.05, 4.69) is 0 Å². The molecule has 0 aromatic carbocycles. The van der Waals surface area contributed by atoms with Crippen LogP contribution in [-0.4, -0.2) is 15.6 Å². The SMILES string of the molecule is CC.CCn1cc(C(=O)O)ccc1=O. The van der Waals surface area contributed by atoms with Crippen molar-refractivity contribution < 1.29 is 9.90 Å². The Kier molecular flexibility index (Phi) is 5.29. The number of aryl methyl sites for hydroxylation is 1. The van der Waals surface area contributed by atoms with Gasteiger partial charge in [-0.1, -0.05) is 13.8 Å². The zero-order valence-corrected chi connectivity index (χ0v) is 8.65. The molecule has 0 saturated heterocycles. The molecule has 0 amide bonds. The van der Waals surface area contributed by atoms with Crippen LogP contribution in [-0.2, 0) is 6.54 Å². The molecule has 0 bridgehead atoms. The van der Waals surface area contributed by atoms with Gasteiger partial charge >= 0.3 is 5.97 Å². The molecule has 0 radical (unpaired) electrons. The summed E-state index contributed by atoms with van der Waals surface area (Å²) in [5.41, 5.74) is -0.0426. The van der Waals surface area contributed by atoms with Crippen LogP contribution in [0.15, 0.2) is 23.1 Å². The van der Waals surface area contributed by atoms with Crippen LogP contribution in [0.3, 0.4) is 0 Å². The topological polar surface area (TPSA) is 59.3 Å². The molecule has 0 aliphatic heterocycles. The molecule has 0 spiro atoms. The normalized spacial score (nSPS) is 8.79. The summed E-state index contributed by atoms with van der Waals surface area (Å²) in [4.78, 5) is 21.5. The molecular weight excluding hydrogens is 182 g/mol. The first-order valence-electron chi connectivity index (χ1n) is 4.59. The van der Waals surface area contributed by atoms with Gasteiger partial charge in [0.1, 0.15) is 0 Å². The third kappa shape index (κ3) is 3.05. The lowest BCUT2D eigenvalue weighted by Gasteiger charge is -2.01. The quantitative estimate of drug-likeness (QED) is 0.783. The molecule has 0 fully saturated rings. The highest BCUT2D eigenvalue weighted by Crippen LogP contribution is 1.94. The summed E-state index contributed by atoms with van der Waals surface area (Å²) in [7, 11) is 0. The molecule has 0 saturated carbocycles. The summed E-state index contributed by atoms with van der Waals surface area (Å²) in [6.45, 7) is 6.27. The number of pyridine rings is 1. The third-order valence-electron chi connectivity index (χ3n) is 1.57. The number of carboxylic acids is 1. The van der Waals surface area contributed by atoms with Gasteiger partial charge in [-0.05, 0) is 13.0 Å². The van der Waals surface area contributed by atoms with Gasteiger partial charge in [-0.2, -0.15) is 0 Å². The van der Waals surface area contributed by atoms with E-state index >= 15 is 0 Å². The summed E-state index contributed by atoms with van der Waals surface area (Å²) < 4.78 is 1.35. The molecule has 1 N–H and O–H groups in total. The molecule has 4 heteroatoms. The van der Waals surface area contributed by atoms with Crippen molar-refractivity contribution in [3.8, 4) is 0 Å². The fourth-order valence-electron chi connectivity index (χ4n) is 0.905. The maximum atomic E-state index is 11.0. The van der Waals surface area contributed by atoms with Crippen LogP contribution in [0.1, 0.15) is 31.1 Å². The molecule has 4 nitrogen and oxygen atoms in total. The van der Waals surface area contributed by atoms with Crippen LogP contribution in [0.4, 0.5) is 0 Å². The molecule has 0 aliphatic rings. The summed E-state index contributed by atoms with van der Waals surface area (Å²) in [5, 5.41) is 8.58. The molecule has 1 aromatic heterocycles. The summed E-state index contributed by atoms with van der Waals surface area (Å²) >= 11 is 0. The summed E-state index contributed by atoms with van der Waals surface area (Å²) in [6.07, 6.45) is 1.34. The molecule has 0 atom stereocenters. The molecule has 78 valence electrons. The number of hydrogen-bond acceptors (Lipinski definition) is 2. The van der Waals surface area contributed by atoms with Gasteiger partial charge in [0.05, 0.1) is 5.56 Å². The van der Waals surface area contributed by atoms with Gasteiger partial charge in [0.2, 0.25) is 0 Å². The average molecular weight is 197 g/mol. The minimum atomic E-state index is -1.02. The Labute approximate surface area is 82.8 Å². The Bertz CT molecular complexity index is 355. The Balaban J connectivity index is 0.000000791. The maximum absolute atomic E-state index is 11.0. The van der Waals surface area contributed by atoms with Gasteiger partial charge < -0.3 is 9.67 Å². The molecule has 1 rings (SSSR count). The van der Waals surface area contributed by atoms with Gasteiger partial charge in [-0.25, -0.2) is 4.79 Å². The Morgan fingerprint density at radius 2 is 2.00 bits per heavy atom. The second-order valence-electron chi connectivity index (χ2n) is 2.35. The van der Waals surface area contributed by atoms with Crippen molar-refractivity contribution in [1.29, 1.82) is 0 Å². The van der Waals surface area contributed by atoms with Crippen molar-refractivity contribution in [3.63, 3.8) is 0 Å². The molecule has 1 heterocycles. The fraction of sp³-hybridized carbons (Fsp3) is 0.400. The highest BCUT2D eigenvalue weighted by Gasteiger charge is 2.03. The number of hydrogen-bond donors (Lipinski definition) is 1. The number of aromatic carboxylic acids is 1. The number of carboxylic acid groups (broad SMARTS) is 1. The lowest BCUT2D eigenvalue weighted by Crippen LogP contribution is -2.18. The fourth-order valence-corrected chi connectivity index (χ4v) is 0.905. The van der Waals surface area contributed by atoms with E-state index in [0.717, 1.165) is 0 Å². The van der Waals surface area contributed by atoms with Crippen molar-refractivity contribution in [3.05, 3.63) is 34.2 Å². The van der Waals surface area contributed by atoms with Gasteiger partial charge in [0.25, 0.3) is 5.56 Å². The van der Waals surface area contributed by atoms with Crippen LogP contribution < -0.4 is 5.56 Å². The van der Waals surface area contributed by atoms with Gasteiger partial charge in [-0.3, -0.25) is 4.79 Å². The van der Waals surface area contributed by atoms with Crippen molar-refractivity contribution >= 4 is 5.97 Å². The summed E-state index contributed by atoms with van der Waals surface area (Å²) in [6, 6.07) is 2.56. The van der Waals surface area contributed by atoms with Crippen molar-refractivity contribution in [1.82, 2.24) is 4.57 Å². The number of rotatable bonds is 2. The van der Waals surface area contributed by atoms with Gasteiger partial charge in [0.15, 0.2) is 0 Å². The van der Waals surface area contributed by atoms with Crippen molar-refractivity contribution in [2.45, 2.75) is 27.3 Å². The molecular formula is C10H15NO3. The first-order chi connectivity index (χ1) is 6.65. The first-order valence-corrected chi connectivity index (χ1v) is 4.59. The standard InChI is InChI=1S/C8H9NO3.C2H6/c1-2-9-5-6(8(11)12)3-4-7(9)10;1-2/h3-5H,2H2,1H3,(H,11,12);1-2H3. The van der Waals surface area contributed by atoms with Crippen molar-refractivity contribution in [2.75, 3.05) is 0 Å². The second-order valence-corrected chi connectivity index (χ2v) is 2.35. The van der Waals surface area contributed by atoms with E-state index in [4.69, 9.17) is 5.11 Å².